The highest BCUT2D eigenvalue weighted by molar-refractivity contribution is 7.14. The van der Waals surface area contributed by atoms with Gasteiger partial charge in [0.1, 0.15) is 0 Å². The summed E-state index contributed by atoms with van der Waals surface area (Å²) in [6.45, 7) is 0.442. The molecule has 6 heteroatoms. The first kappa shape index (κ1) is 10.3. The normalized spacial score (nSPS) is 10.3. The van der Waals surface area contributed by atoms with Gasteiger partial charge in [-0.15, -0.1) is 11.3 Å². The van der Waals surface area contributed by atoms with Crippen LogP contribution in [0.25, 0.3) is 0 Å². The summed E-state index contributed by atoms with van der Waals surface area (Å²) in [5.41, 5.74) is 0.923. The van der Waals surface area contributed by atoms with Crippen LogP contribution in [0.3, 0.4) is 0 Å². The fourth-order valence-electron chi connectivity index (χ4n) is 1.06. The Balaban J connectivity index is 2.06. The van der Waals surface area contributed by atoms with E-state index in [9.17, 15) is 4.39 Å². The van der Waals surface area contributed by atoms with Gasteiger partial charge in [-0.2, -0.15) is 4.39 Å². The number of hydrogen-bond acceptors (Lipinski definition) is 4. The number of aromatic nitrogens is 2. The smallest absolute Gasteiger partial charge is 0.255 e. The number of nitrogens with one attached hydrogen (secondary N) is 1. The Kier molecular flexibility index (Phi) is 3.13. The molecule has 0 aliphatic rings. The largest absolute Gasteiger partial charge is 0.362 e. The summed E-state index contributed by atoms with van der Waals surface area (Å²) >= 11 is 7.33. The standard InChI is InChI=1S/C9H7ClFN3S/c10-7-6(1-4-15-7)5-14-9-8(11)12-2-3-13-9/h1-4H,5H2,(H,13,14). The van der Waals surface area contributed by atoms with Crippen molar-refractivity contribution in [3.63, 3.8) is 0 Å². The van der Waals surface area contributed by atoms with Gasteiger partial charge in [-0.25, -0.2) is 9.97 Å². The average Bonchev–Trinajstić information content (AvgIpc) is 2.63. The summed E-state index contributed by atoms with van der Waals surface area (Å²) in [5.74, 6) is -0.469. The molecule has 0 aromatic carbocycles. The maximum absolute atomic E-state index is 13.1. The van der Waals surface area contributed by atoms with Gasteiger partial charge in [0, 0.05) is 24.5 Å². The monoisotopic (exact) mass is 243 g/mol. The zero-order valence-corrected chi connectivity index (χ0v) is 9.15. The van der Waals surface area contributed by atoms with Crippen LogP contribution < -0.4 is 5.32 Å². The van der Waals surface area contributed by atoms with E-state index in [4.69, 9.17) is 11.6 Å². The molecule has 78 valence electrons. The predicted molar refractivity (Wildman–Crippen MR) is 58.6 cm³/mol. The van der Waals surface area contributed by atoms with Crippen molar-refractivity contribution >= 4 is 28.8 Å². The van der Waals surface area contributed by atoms with Gasteiger partial charge in [-0.3, -0.25) is 0 Å². The van der Waals surface area contributed by atoms with Gasteiger partial charge in [-0.05, 0) is 11.4 Å². The fourth-order valence-corrected chi connectivity index (χ4v) is 1.99. The third-order valence-corrected chi connectivity index (χ3v) is 3.04. The zero-order valence-electron chi connectivity index (χ0n) is 7.58. The Bertz CT molecular complexity index is 460. The van der Waals surface area contributed by atoms with Crippen molar-refractivity contribution in [1.82, 2.24) is 9.97 Å². The molecule has 0 aliphatic carbocycles. The molecule has 0 bridgehead atoms. The Morgan fingerprint density at radius 2 is 2.20 bits per heavy atom. The molecule has 0 amide bonds. The molecular formula is C9H7ClFN3S. The summed E-state index contributed by atoms with van der Waals surface area (Å²) < 4.78 is 13.8. The summed E-state index contributed by atoms with van der Waals surface area (Å²) in [6, 6.07) is 1.88. The molecule has 0 aliphatic heterocycles. The summed E-state index contributed by atoms with van der Waals surface area (Å²) in [6.07, 6.45) is 2.73. The molecule has 2 aromatic heterocycles. The van der Waals surface area contributed by atoms with Crippen LogP contribution in [0.1, 0.15) is 5.56 Å². The Hall–Kier alpha value is -1.20. The molecule has 0 atom stereocenters. The van der Waals surface area contributed by atoms with E-state index in [2.05, 4.69) is 15.3 Å². The number of hydrogen-bond donors (Lipinski definition) is 1. The zero-order chi connectivity index (χ0) is 10.7. The van der Waals surface area contributed by atoms with E-state index >= 15 is 0 Å². The first-order valence-corrected chi connectivity index (χ1v) is 5.45. The second kappa shape index (κ2) is 4.55. The van der Waals surface area contributed by atoms with Crippen LogP contribution >= 0.6 is 22.9 Å². The van der Waals surface area contributed by atoms with Crippen molar-refractivity contribution in [3.8, 4) is 0 Å². The van der Waals surface area contributed by atoms with Crippen LogP contribution in [0.2, 0.25) is 4.34 Å². The van der Waals surface area contributed by atoms with Crippen molar-refractivity contribution in [1.29, 1.82) is 0 Å². The lowest BCUT2D eigenvalue weighted by atomic mass is 10.3. The highest BCUT2D eigenvalue weighted by Crippen LogP contribution is 2.23. The maximum atomic E-state index is 13.1. The van der Waals surface area contributed by atoms with Crippen molar-refractivity contribution in [2.45, 2.75) is 6.54 Å². The maximum Gasteiger partial charge on any atom is 0.255 e. The molecule has 0 fully saturated rings. The Labute approximate surface area is 95.0 Å². The van der Waals surface area contributed by atoms with Gasteiger partial charge in [0.05, 0.1) is 4.34 Å². The van der Waals surface area contributed by atoms with Crippen LogP contribution in [-0.2, 0) is 6.54 Å². The third kappa shape index (κ3) is 2.43. The molecule has 2 aromatic rings. The molecule has 2 rings (SSSR count). The van der Waals surface area contributed by atoms with E-state index in [-0.39, 0.29) is 5.82 Å². The number of anilines is 1. The lowest BCUT2D eigenvalue weighted by molar-refractivity contribution is 0.580. The van der Waals surface area contributed by atoms with E-state index < -0.39 is 5.95 Å². The number of nitrogens with zero attached hydrogens (tertiary/aromatic N) is 2. The van der Waals surface area contributed by atoms with Crippen molar-refractivity contribution in [2.75, 3.05) is 5.32 Å². The number of rotatable bonds is 3. The number of thiophene rings is 1. The summed E-state index contributed by atoms with van der Waals surface area (Å²) in [4.78, 5) is 7.30. The van der Waals surface area contributed by atoms with E-state index in [1.54, 1.807) is 0 Å². The van der Waals surface area contributed by atoms with Crippen molar-refractivity contribution in [3.05, 3.63) is 39.7 Å². The lowest BCUT2D eigenvalue weighted by Crippen LogP contribution is -2.03. The molecule has 2 heterocycles. The lowest BCUT2D eigenvalue weighted by Gasteiger charge is -2.04. The minimum atomic E-state index is -0.608. The van der Waals surface area contributed by atoms with Crippen molar-refractivity contribution in [2.24, 2.45) is 0 Å². The summed E-state index contributed by atoms with van der Waals surface area (Å²) in [7, 11) is 0. The molecule has 3 nitrogen and oxygen atoms in total. The van der Waals surface area contributed by atoms with E-state index in [1.165, 1.54) is 23.7 Å². The minimum absolute atomic E-state index is 0.139. The van der Waals surface area contributed by atoms with Gasteiger partial charge >= 0.3 is 0 Å². The second-order valence-corrected chi connectivity index (χ2v) is 4.29. The first-order valence-electron chi connectivity index (χ1n) is 4.19. The quantitative estimate of drug-likeness (QED) is 0.901. The van der Waals surface area contributed by atoms with Crippen LogP contribution in [-0.4, -0.2) is 9.97 Å². The Morgan fingerprint density at radius 3 is 2.87 bits per heavy atom. The van der Waals surface area contributed by atoms with Crippen LogP contribution in [0.5, 0.6) is 0 Å². The molecular weight excluding hydrogens is 237 g/mol. The molecule has 0 saturated carbocycles. The summed E-state index contributed by atoms with van der Waals surface area (Å²) in [5, 5.41) is 4.71. The number of halogens is 2. The minimum Gasteiger partial charge on any atom is -0.362 e. The van der Waals surface area contributed by atoms with Crippen molar-refractivity contribution < 1.29 is 4.39 Å². The SMILES string of the molecule is Fc1nccnc1NCc1ccsc1Cl. The highest BCUT2D eigenvalue weighted by atomic mass is 35.5. The topological polar surface area (TPSA) is 37.8 Å². The van der Waals surface area contributed by atoms with Gasteiger partial charge < -0.3 is 5.32 Å². The van der Waals surface area contributed by atoms with Gasteiger partial charge in [0.15, 0.2) is 5.82 Å². The van der Waals surface area contributed by atoms with Gasteiger partial charge in [0.2, 0.25) is 0 Å². The molecule has 1 N–H and O–H groups in total. The van der Waals surface area contributed by atoms with Gasteiger partial charge in [-0.1, -0.05) is 11.6 Å². The third-order valence-electron chi connectivity index (χ3n) is 1.79. The predicted octanol–water partition coefficient (Wildman–Crippen LogP) is 2.94. The molecule has 15 heavy (non-hydrogen) atoms. The van der Waals surface area contributed by atoms with E-state index in [0.717, 1.165) is 5.56 Å². The van der Waals surface area contributed by atoms with Crippen LogP contribution in [0.4, 0.5) is 10.2 Å². The molecule has 0 spiro atoms. The van der Waals surface area contributed by atoms with Crippen LogP contribution in [0, 0.1) is 5.95 Å². The second-order valence-electron chi connectivity index (χ2n) is 2.77. The highest BCUT2D eigenvalue weighted by Gasteiger charge is 2.05. The van der Waals surface area contributed by atoms with Crippen LogP contribution in [0.15, 0.2) is 23.8 Å². The average molecular weight is 244 g/mol. The van der Waals surface area contributed by atoms with E-state index in [0.29, 0.717) is 10.9 Å². The molecule has 0 unspecified atom stereocenters. The fraction of sp³-hybridized carbons (Fsp3) is 0.111. The van der Waals surface area contributed by atoms with Gasteiger partial charge in [0.25, 0.3) is 5.95 Å². The van der Waals surface area contributed by atoms with E-state index in [1.807, 2.05) is 11.4 Å². The first-order chi connectivity index (χ1) is 7.27. The Morgan fingerprint density at radius 1 is 1.40 bits per heavy atom. The molecule has 0 radical (unpaired) electrons. The molecule has 0 saturated heterocycles.